The van der Waals surface area contributed by atoms with Crippen molar-refractivity contribution in [1.29, 1.82) is 0 Å². The Morgan fingerprint density at radius 2 is 1.73 bits per heavy atom. The van der Waals surface area contributed by atoms with Gasteiger partial charge in [0.05, 0.1) is 31.6 Å². The summed E-state index contributed by atoms with van der Waals surface area (Å²) in [6.07, 6.45) is 2.90. The molecule has 270 valence electrons. The first kappa shape index (κ1) is 37.4. The number of allylic oxidation sites excluding steroid dienone is 3. The van der Waals surface area contributed by atoms with E-state index in [0.29, 0.717) is 56.4 Å². The van der Waals surface area contributed by atoms with E-state index in [2.05, 4.69) is 16.1 Å². The minimum absolute atomic E-state index is 0.0561. The maximum Gasteiger partial charge on any atom is 0.469 e. The van der Waals surface area contributed by atoms with Crippen LogP contribution in [0, 0.1) is 25.7 Å². The van der Waals surface area contributed by atoms with E-state index in [-0.39, 0.29) is 31.4 Å². The van der Waals surface area contributed by atoms with E-state index in [1.54, 1.807) is 32.3 Å². The quantitative estimate of drug-likeness (QED) is 0.0899. The molecule has 1 fully saturated rings. The largest absolute Gasteiger partial charge is 0.496 e. The molecule has 2 N–H and O–H groups in total. The maximum absolute atomic E-state index is 14.1. The smallest absolute Gasteiger partial charge is 0.469 e. The van der Waals surface area contributed by atoms with E-state index in [0.717, 1.165) is 16.5 Å². The highest BCUT2D eigenvalue weighted by Crippen LogP contribution is 2.45. The number of benzene rings is 2. The molecule has 1 saturated heterocycles. The number of carbonyl (C=O) groups excluding carboxylic acids is 4. The van der Waals surface area contributed by atoms with Crippen molar-refractivity contribution in [1.82, 2.24) is 5.06 Å². The summed E-state index contributed by atoms with van der Waals surface area (Å²) in [5, 5.41) is 1.85. The van der Waals surface area contributed by atoms with Gasteiger partial charge in [-0.25, -0.2) is 9.36 Å². The van der Waals surface area contributed by atoms with Gasteiger partial charge < -0.3 is 28.5 Å². The molecule has 2 aliphatic carbocycles. The van der Waals surface area contributed by atoms with E-state index >= 15 is 0 Å². The second kappa shape index (κ2) is 15.2. The molecule has 0 aromatic heterocycles. The van der Waals surface area contributed by atoms with Crippen LogP contribution < -0.4 is 10.1 Å². The minimum Gasteiger partial charge on any atom is -0.496 e. The molecule has 2 unspecified atom stereocenters. The topological polar surface area (TPSA) is 191 Å². The van der Waals surface area contributed by atoms with Crippen LogP contribution in [-0.2, 0) is 37.8 Å². The standard InChI is InChI=1S/C36H39N2O12P/c1-7-37-26-17-28-24(15-20(26)3)33(25-16-21(4)27(46-6)18-29(25)49-28)22(5)23-10-9-19(2)32(35(41)47-13-8-14-48-51(43,44)45)34(23)36(42)50-38-30(39)11-12-31(38)40/h9-10,15-18,32,34H,2,7-8,11-14H2,1,3-6H3,(H2,43,44,45)/b23-22+,37-26?. The first-order valence-electron chi connectivity index (χ1n) is 16.2. The number of hydroxylamine groups is 2. The number of phosphoric ester groups is 1. The Labute approximate surface area is 293 Å². The van der Waals surface area contributed by atoms with Gasteiger partial charge in [0.2, 0.25) is 0 Å². The zero-order valence-corrected chi connectivity index (χ0v) is 29.8. The minimum atomic E-state index is -4.72. The second-order valence-corrected chi connectivity index (χ2v) is 13.4. The fourth-order valence-electron chi connectivity index (χ4n) is 6.29. The first-order chi connectivity index (χ1) is 24.1. The number of ether oxygens (including phenoxy) is 2. The van der Waals surface area contributed by atoms with Crippen molar-refractivity contribution in [2.24, 2.45) is 16.8 Å². The number of amides is 2. The Hall–Kier alpha value is -4.88. The van der Waals surface area contributed by atoms with Gasteiger partial charge in [-0.1, -0.05) is 18.7 Å². The van der Waals surface area contributed by atoms with Crippen molar-refractivity contribution in [2.75, 3.05) is 26.9 Å². The molecule has 15 heteroatoms. The molecule has 14 nitrogen and oxygen atoms in total. The number of hydrogen-bond acceptors (Lipinski definition) is 11. The zero-order valence-electron chi connectivity index (χ0n) is 28.9. The molecule has 1 aromatic rings. The Bertz CT molecular complexity index is 2070. The van der Waals surface area contributed by atoms with Crippen molar-refractivity contribution in [2.45, 2.75) is 47.0 Å². The van der Waals surface area contributed by atoms with Crippen LogP contribution in [0.5, 0.6) is 5.75 Å². The highest BCUT2D eigenvalue weighted by molar-refractivity contribution is 7.46. The summed E-state index contributed by atoms with van der Waals surface area (Å²) in [5.41, 5.74) is 4.64. The van der Waals surface area contributed by atoms with E-state index in [4.69, 9.17) is 28.5 Å². The molecule has 0 bridgehead atoms. The molecule has 4 aliphatic rings. The lowest BCUT2D eigenvalue weighted by Crippen LogP contribution is -2.41. The van der Waals surface area contributed by atoms with Crippen LogP contribution in [0.1, 0.15) is 49.8 Å². The molecule has 2 amide bonds. The maximum atomic E-state index is 14.1. The van der Waals surface area contributed by atoms with Gasteiger partial charge in [-0.05, 0) is 73.2 Å². The van der Waals surface area contributed by atoms with Gasteiger partial charge >= 0.3 is 19.8 Å². The van der Waals surface area contributed by atoms with Crippen molar-refractivity contribution in [3.8, 4) is 17.1 Å². The summed E-state index contributed by atoms with van der Waals surface area (Å²) < 4.78 is 32.9. The summed E-state index contributed by atoms with van der Waals surface area (Å²) in [5.74, 6) is -5.01. The predicted molar refractivity (Wildman–Crippen MR) is 184 cm³/mol. The van der Waals surface area contributed by atoms with E-state index in [9.17, 15) is 23.7 Å². The van der Waals surface area contributed by atoms with Crippen molar-refractivity contribution >= 4 is 48.1 Å². The average molecular weight is 723 g/mol. The lowest BCUT2D eigenvalue weighted by molar-refractivity contribution is -0.201. The molecule has 2 heterocycles. The number of carbonyl (C=O) groups is 4. The van der Waals surface area contributed by atoms with Crippen molar-refractivity contribution < 1.29 is 56.8 Å². The summed E-state index contributed by atoms with van der Waals surface area (Å²) in [6, 6.07) is 7.46. The molecule has 0 radical (unpaired) electrons. The molecule has 5 rings (SSSR count). The molecule has 2 atom stereocenters. The van der Waals surface area contributed by atoms with Crippen LogP contribution >= 0.6 is 7.82 Å². The summed E-state index contributed by atoms with van der Waals surface area (Å²) in [4.78, 5) is 80.7. The second-order valence-electron chi connectivity index (χ2n) is 12.2. The van der Waals surface area contributed by atoms with E-state index < -0.39 is 50.0 Å². The number of esters is 1. The number of methoxy groups -OCH3 is 1. The van der Waals surface area contributed by atoms with Crippen LogP contribution in [0.2, 0.25) is 0 Å². The summed E-state index contributed by atoms with van der Waals surface area (Å²) in [6.45, 7) is 11.4. The molecule has 2 aliphatic heterocycles. The van der Waals surface area contributed by atoms with Crippen LogP contribution in [0.15, 0.2) is 63.6 Å². The third-order valence-corrected chi connectivity index (χ3v) is 9.24. The van der Waals surface area contributed by atoms with Gasteiger partial charge in [0.1, 0.15) is 23.0 Å². The number of phosphoric acid groups is 1. The molecule has 0 spiro atoms. The van der Waals surface area contributed by atoms with Gasteiger partial charge in [0.15, 0.2) is 0 Å². The normalized spacial score (nSPS) is 19.3. The van der Waals surface area contributed by atoms with E-state index in [1.165, 1.54) is 0 Å². The molecular weight excluding hydrogens is 683 g/mol. The van der Waals surface area contributed by atoms with Gasteiger partial charge in [0, 0.05) is 48.9 Å². The third-order valence-electron chi connectivity index (χ3n) is 8.72. The fourth-order valence-corrected chi connectivity index (χ4v) is 6.66. The van der Waals surface area contributed by atoms with Crippen molar-refractivity contribution in [3.63, 3.8) is 0 Å². The van der Waals surface area contributed by atoms with Gasteiger partial charge in [-0.15, -0.1) is 5.06 Å². The van der Waals surface area contributed by atoms with E-state index in [1.807, 2.05) is 39.0 Å². The van der Waals surface area contributed by atoms with Crippen molar-refractivity contribution in [3.05, 3.63) is 76.2 Å². The lowest BCUT2D eigenvalue weighted by Gasteiger charge is -2.31. The molecule has 0 saturated carbocycles. The number of rotatable bonds is 11. The first-order valence-corrected chi connectivity index (χ1v) is 17.8. The monoisotopic (exact) mass is 722 g/mol. The molecular formula is C36H39N2O12P. The van der Waals surface area contributed by atoms with Gasteiger partial charge in [-0.3, -0.25) is 23.9 Å². The predicted octanol–water partition coefficient (Wildman–Crippen LogP) is 4.87. The summed E-state index contributed by atoms with van der Waals surface area (Å²) >= 11 is 0. The van der Waals surface area contributed by atoms with Crippen LogP contribution in [0.25, 0.3) is 27.9 Å². The lowest BCUT2D eigenvalue weighted by atomic mass is 9.74. The molecule has 1 aromatic carbocycles. The highest BCUT2D eigenvalue weighted by atomic mass is 31.2. The number of aryl methyl sites for hydroxylation is 2. The average Bonchev–Trinajstić information content (AvgIpc) is 3.38. The fraction of sp³-hybridized carbons (Fsp3) is 0.361. The SMILES string of the molecule is C=C1C=C/C(=C(/C)c2c3cc(C)c(=NCC)cc-3oc3cc(OC)c(C)cc23)C(C(=O)ON2C(=O)CCC2=O)C1C(=O)OCCCOP(=O)(O)O. The Morgan fingerprint density at radius 3 is 2.37 bits per heavy atom. The van der Waals surface area contributed by atoms with Crippen LogP contribution in [0.3, 0.4) is 0 Å². The molecule has 51 heavy (non-hydrogen) atoms. The third kappa shape index (κ3) is 7.89. The zero-order chi connectivity index (χ0) is 37.2. The number of fused-ring (bicyclic) bond motifs is 2. The highest BCUT2D eigenvalue weighted by Gasteiger charge is 2.45. The van der Waals surface area contributed by atoms with Gasteiger partial charge in [-0.2, -0.15) is 0 Å². The van der Waals surface area contributed by atoms with Crippen LogP contribution in [0.4, 0.5) is 0 Å². The number of imide groups is 1. The van der Waals surface area contributed by atoms with Crippen LogP contribution in [-0.4, -0.2) is 65.5 Å². The Morgan fingerprint density at radius 1 is 1.02 bits per heavy atom. The Balaban J connectivity index is 1.70. The summed E-state index contributed by atoms with van der Waals surface area (Å²) in [7, 11) is -3.17. The van der Waals surface area contributed by atoms with Gasteiger partial charge in [0.25, 0.3) is 11.8 Å². The Kier molecular flexibility index (Phi) is 11.1. The number of nitrogens with zero attached hydrogens (tertiary/aromatic N) is 2. The number of hydrogen-bond donors (Lipinski definition) is 2.